The Morgan fingerprint density at radius 2 is 1.94 bits per heavy atom. The first-order valence-electron chi connectivity index (χ1n) is 5.99. The Kier molecular flexibility index (Phi) is 3.75. The molecule has 1 aliphatic carbocycles. The van der Waals surface area contributed by atoms with Crippen LogP contribution in [-0.4, -0.2) is 5.11 Å². The van der Waals surface area contributed by atoms with Gasteiger partial charge >= 0.3 is 0 Å². The van der Waals surface area contributed by atoms with Crippen LogP contribution in [0.15, 0.2) is 21.4 Å². The zero-order valence-corrected chi connectivity index (χ0v) is 11.4. The highest BCUT2D eigenvalue weighted by molar-refractivity contribution is 9.10. The second kappa shape index (κ2) is 4.92. The number of rotatable bonds is 2. The third-order valence-electron chi connectivity index (χ3n) is 3.63. The van der Waals surface area contributed by atoms with Gasteiger partial charge in [0.25, 0.3) is 0 Å². The van der Waals surface area contributed by atoms with Crippen LogP contribution in [0.4, 0.5) is 0 Å². The maximum absolute atomic E-state index is 10.4. The average Bonchev–Trinajstić information content (AvgIpc) is 2.62. The van der Waals surface area contributed by atoms with Gasteiger partial charge in [-0.2, -0.15) is 0 Å². The molecule has 0 amide bonds. The van der Waals surface area contributed by atoms with Gasteiger partial charge in [-0.1, -0.05) is 13.8 Å². The third-order valence-corrected chi connectivity index (χ3v) is 4.27. The van der Waals surface area contributed by atoms with Crippen molar-refractivity contribution in [1.82, 2.24) is 0 Å². The Balaban J connectivity index is 2.10. The van der Waals surface area contributed by atoms with Crippen molar-refractivity contribution in [2.75, 3.05) is 0 Å². The lowest BCUT2D eigenvalue weighted by Gasteiger charge is -2.34. The molecule has 0 radical (unpaired) electrons. The first kappa shape index (κ1) is 12.2. The smallest absolute Gasteiger partial charge is 0.174 e. The number of hydrogen-bond acceptors (Lipinski definition) is 2. The summed E-state index contributed by atoms with van der Waals surface area (Å²) in [6.07, 6.45) is 4.75. The lowest BCUT2D eigenvalue weighted by molar-refractivity contribution is 0.0541. The van der Waals surface area contributed by atoms with Crippen LogP contribution in [-0.2, 0) is 0 Å². The maximum Gasteiger partial charge on any atom is 0.174 e. The summed E-state index contributed by atoms with van der Waals surface area (Å²) < 4.78 is 5.86. The molecule has 1 heterocycles. The van der Waals surface area contributed by atoms with E-state index in [1.54, 1.807) is 6.26 Å². The van der Waals surface area contributed by atoms with Crippen LogP contribution in [0.1, 0.15) is 44.8 Å². The van der Waals surface area contributed by atoms with Gasteiger partial charge in [0, 0.05) is 5.56 Å². The Morgan fingerprint density at radius 1 is 1.31 bits per heavy atom. The van der Waals surface area contributed by atoms with Crippen LogP contribution >= 0.6 is 15.9 Å². The topological polar surface area (TPSA) is 33.4 Å². The van der Waals surface area contributed by atoms with E-state index < -0.39 is 6.10 Å². The van der Waals surface area contributed by atoms with Crippen LogP contribution < -0.4 is 0 Å². The lowest BCUT2D eigenvalue weighted by Crippen LogP contribution is -2.24. The summed E-state index contributed by atoms with van der Waals surface area (Å²) in [5, 5.41) is 10.4. The Labute approximate surface area is 105 Å². The average molecular weight is 287 g/mol. The van der Waals surface area contributed by atoms with Crippen molar-refractivity contribution in [3.63, 3.8) is 0 Å². The van der Waals surface area contributed by atoms with Gasteiger partial charge in [0.1, 0.15) is 0 Å². The molecule has 1 fully saturated rings. The molecule has 1 saturated carbocycles. The predicted octanol–water partition coefficient (Wildman–Crippen LogP) is 4.15. The quantitative estimate of drug-likeness (QED) is 0.886. The fourth-order valence-electron chi connectivity index (χ4n) is 3.04. The van der Waals surface area contributed by atoms with E-state index in [2.05, 4.69) is 29.8 Å². The monoisotopic (exact) mass is 286 g/mol. The molecular formula is C13H19BrO2. The molecule has 3 heteroatoms. The maximum atomic E-state index is 10.4. The van der Waals surface area contributed by atoms with E-state index in [4.69, 9.17) is 4.42 Å². The van der Waals surface area contributed by atoms with Crippen molar-refractivity contribution < 1.29 is 9.52 Å². The van der Waals surface area contributed by atoms with E-state index in [1.165, 1.54) is 6.42 Å². The second-order valence-electron chi connectivity index (χ2n) is 5.27. The van der Waals surface area contributed by atoms with Crippen molar-refractivity contribution in [2.24, 2.45) is 17.8 Å². The normalized spacial score (nSPS) is 32.6. The van der Waals surface area contributed by atoms with E-state index in [9.17, 15) is 5.11 Å². The number of aliphatic hydroxyl groups excluding tert-OH is 1. The SMILES string of the molecule is CC1CC(C)CC(C(O)c2ccoc2Br)C1. The first-order chi connectivity index (χ1) is 7.58. The minimum absolute atomic E-state index is 0.368. The fraction of sp³-hybridized carbons (Fsp3) is 0.692. The summed E-state index contributed by atoms with van der Waals surface area (Å²) in [5.74, 6) is 1.80. The molecule has 1 N–H and O–H groups in total. The summed E-state index contributed by atoms with van der Waals surface area (Å²) in [6.45, 7) is 4.56. The third kappa shape index (κ3) is 2.51. The highest BCUT2D eigenvalue weighted by Gasteiger charge is 2.31. The van der Waals surface area contributed by atoms with Gasteiger partial charge in [-0.05, 0) is 59.0 Å². The van der Waals surface area contributed by atoms with Crippen molar-refractivity contribution in [2.45, 2.75) is 39.2 Å². The van der Waals surface area contributed by atoms with Crippen LogP contribution in [0, 0.1) is 17.8 Å². The van der Waals surface area contributed by atoms with E-state index in [-0.39, 0.29) is 0 Å². The molecule has 1 aromatic rings. The molecule has 0 aromatic carbocycles. The van der Waals surface area contributed by atoms with Crippen molar-refractivity contribution >= 4 is 15.9 Å². The van der Waals surface area contributed by atoms with E-state index in [0.29, 0.717) is 22.4 Å². The Hall–Kier alpha value is -0.280. The molecule has 90 valence electrons. The molecular weight excluding hydrogens is 268 g/mol. The molecule has 0 aliphatic heterocycles. The Bertz CT molecular complexity index is 337. The first-order valence-corrected chi connectivity index (χ1v) is 6.78. The minimum Gasteiger partial charge on any atom is -0.457 e. The van der Waals surface area contributed by atoms with Crippen LogP contribution in [0.3, 0.4) is 0 Å². The van der Waals surface area contributed by atoms with Gasteiger partial charge < -0.3 is 9.52 Å². The molecule has 2 rings (SSSR count). The highest BCUT2D eigenvalue weighted by atomic mass is 79.9. The van der Waals surface area contributed by atoms with E-state index in [0.717, 1.165) is 18.4 Å². The number of aliphatic hydroxyl groups is 1. The molecule has 0 bridgehead atoms. The predicted molar refractivity (Wildman–Crippen MR) is 67.0 cm³/mol. The van der Waals surface area contributed by atoms with E-state index >= 15 is 0 Å². The van der Waals surface area contributed by atoms with Gasteiger partial charge in [0.05, 0.1) is 12.4 Å². The molecule has 1 aromatic heterocycles. The Morgan fingerprint density at radius 3 is 2.44 bits per heavy atom. The summed E-state index contributed by atoms with van der Waals surface area (Å²) in [5.41, 5.74) is 0.895. The number of halogens is 1. The van der Waals surface area contributed by atoms with Gasteiger partial charge in [-0.25, -0.2) is 0 Å². The highest BCUT2D eigenvalue weighted by Crippen LogP contribution is 2.41. The van der Waals surface area contributed by atoms with Gasteiger partial charge in [0.2, 0.25) is 0 Å². The number of hydrogen-bond donors (Lipinski definition) is 1. The molecule has 0 saturated heterocycles. The fourth-order valence-corrected chi connectivity index (χ4v) is 3.51. The van der Waals surface area contributed by atoms with Gasteiger partial charge in [-0.3, -0.25) is 0 Å². The molecule has 3 unspecified atom stereocenters. The summed E-state index contributed by atoms with van der Waals surface area (Å²) in [7, 11) is 0. The second-order valence-corrected chi connectivity index (χ2v) is 5.99. The molecule has 0 spiro atoms. The number of furan rings is 1. The minimum atomic E-state index is -0.390. The zero-order valence-electron chi connectivity index (χ0n) is 9.82. The van der Waals surface area contributed by atoms with Gasteiger partial charge in [-0.15, -0.1) is 0 Å². The van der Waals surface area contributed by atoms with E-state index in [1.807, 2.05) is 6.07 Å². The van der Waals surface area contributed by atoms with Crippen molar-refractivity contribution in [1.29, 1.82) is 0 Å². The largest absolute Gasteiger partial charge is 0.457 e. The molecule has 16 heavy (non-hydrogen) atoms. The molecule has 2 nitrogen and oxygen atoms in total. The van der Waals surface area contributed by atoms with Crippen LogP contribution in [0.25, 0.3) is 0 Å². The molecule has 1 aliphatic rings. The van der Waals surface area contributed by atoms with Crippen LogP contribution in [0.5, 0.6) is 0 Å². The van der Waals surface area contributed by atoms with Crippen molar-refractivity contribution in [3.05, 3.63) is 22.6 Å². The summed E-state index contributed by atoms with van der Waals surface area (Å²) in [6, 6.07) is 1.86. The zero-order chi connectivity index (χ0) is 11.7. The lowest BCUT2D eigenvalue weighted by atomic mass is 9.73. The molecule has 3 atom stereocenters. The standard InChI is InChI=1S/C13H19BrO2/c1-8-5-9(2)7-10(6-8)12(15)11-3-4-16-13(11)14/h3-4,8-10,12,15H,5-7H2,1-2H3. The summed E-state index contributed by atoms with van der Waals surface area (Å²) >= 11 is 3.34. The van der Waals surface area contributed by atoms with Crippen molar-refractivity contribution in [3.8, 4) is 0 Å². The van der Waals surface area contributed by atoms with Crippen LogP contribution in [0.2, 0.25) is 0 Å². The van der Waals surface area contributed by atoms with Gasteiger partial charge in [0.15, 0.2) is 4.67 Å². The summed E-state index contributed by atoms with van der Waals surface area (Å²) in [4.78, 5) is 0.